The molecule has 1 aliphatic rings. The lowest BCUT2D eigenvalue weighted by Gasteiger charge is -2.27. The van der Waals surface area contributed by atoms with Crippen molar-refractivity contribution in [2.75, 3.05) is 0 Å². The van der Waals surface area contributed by atoms with Crippen LogP contribution >= 0.6 is 0 Å². The van der Waals surface area contributed by atoms with Gasteiger partial charge in [-0.15, -0.1) is 0 Å². The molecular weight excluding hydrogens is 168 g/mol. The highest BCUT2D eigenvalue weighted by molar-refractivity contribution is 4.70. The maximum atomic E-state index is 2.46. The monoisotopic (exact) mass is 198 g/mol. The van der Waals surface area contributed by atoms with Gasteiger partial charge < -0.3 is 0 Å². The van der Waals surface area contributed by atoms with Crippen LogP contribution in [0.5, 0.6) is 0 Å². The Hall–Kier alpha value is 0. The van der Waals surface area contributed by atoms with Crippen molar-refractivity contribution in [2.45, 2.75) is 79.1 Å². The third-order valence-corrected chi connectivity index (χ3v) is 3.47. The van der Waals surface area contributed by atoms with Gasteiger partial charge in [-0.1, -0.05) is 79.1 Å². The third-order valence-electron chi connectivity index (χ3n) is 3.47. The quantitative estimate of drug-likeness (QED) is 0.566. The van der Waals surface area contributed by atoms with Crippen LogP contribution in [0.25, 0.3) is 0 Å². The molecular formula is C14H30. The maximum Gasteiger partial charge on any atom is -0.0388 e. The van der Waals surface area contributed by atoms with Crippen molar-refractivity contribution in [3.8, 4) is 0 Å². The highest BCUT2D eigenvalue weighted by Crippen LogP contribution is 2.32. The molecule has 14 heavy (non-hydrogen) atoms. The van der Waals surface area contributed by atoms with E-state index < -0.39 is 0 Å². The van der Waals surface area contributed by atoms with Gasteiger partial charge in [0.1, 0.15) is 0 Å². The summed E-state index contributed by atoms with van der Waals surface area (Å²) >= 11 is 0. The third kappa shape index (κ3) is 5.67. The molecule has 0 aromatic rings. The first-order valence-corrected chi connectivity index (χ1v) is 6.84. The molecule has 0 saturated heterocycles. The zero-order chi connectivity index (χ0) is 10.8. The van der Waals surface area contributed by atoms with Crippen molar-refractivity contribution in [1.29, 1.82) is 0 Å². The van der Waals surface area contributed by atoms with Crippen LogP contribution < -0.4 is 0 Å². The molecule has 0 radical (unpaired) electrons. The zero-order valence-electron chi connectivity index (χ0n) is 10.8. The van der Waals surface area contributed by atoms with Crippen LogP contribution in [0.2, 0.25) is 0 Å². The van der Waals surface area contributed by atoms with E-state index in [0.717, 1.165) is 11.8 Å². The fourth-order valence-electron chi connectivity index (χ4n) is 2.47. The largest absolute Gasteiger partial charge is 0.0683 e. The fraction of sp³-hybridized carbons (Fsp3) is 1.00. The summed E-state index contributed by atoms with van der Waals surface area (Å²) in [4.78, 5) is 0. The number of unbranched alkanes of at least 4 members (excludes halogenated alkanes) is 1. The number of hydrogen-bond donors (Lipinski definition) is 0. The molecule has 0 N–H and O–H groups in total. The summed E-state index contributed by atoms with van der Waals surface area (Å²) in [6.45, 7) is 8.76. The topological polar surface area (TPSA) is 0 Å². The Morgan fingerprint density at radius 3 is 2.14 bits per heavy atom. The number of rotatable bonds is 4. The first-order chi connectivity index (χ1) is 6.84. The molecule has 1 saturated carbocycles. The first kappa shape index (κ1) is 14.0. The smallest absolute Gasteiger partial charge is 0.0388 e. The van der Waals surface area contributed by atoms with E-state index in [0.29, 0.717) is 0 Å². The van der Waals surface area contributed by atoms with Gasteiger partial charge >= 0.3 is 0 Å². The minimum atomic E-state index is 1.00. The average Bonchev–Trinajstić information content (AvgIpc) is 2.30. The van der Waals surface area contributed by atoms with Crippen molar-refractivity contribution in [2.24, 2.45) is 11.8 Å². The van der Waals surface area contributed by atoms with Crippen molar-refractivity contribution >= 4 is 0 Å². The minimum Gasteiger partial charge on any atom is -0.0683 e. The van der Waals surface area contributed by atoms with E-state index in [-0.39, 0.29) is 0 Å². The Morgan fingerprint density at radius 2 is 1.64 bits per heavy atom. The van der Waals surface area contributed by atoms with Crippen LogP contribution in [0, 0.1) is 11.8 Å². The normalized spacial score (nSPS) is 19.7. The van der Waals surface area contributed by atoms with Gasteiger partial charge in [-0.05, 0) is 11.8 Å². The summed E-state index contributed by atoms with van der Waals surface area (Å²) in [7, 11) is 0. The summed E-state index contributed by atoms with van der Waals surface area (Å²) in [5.41, 5.74) is 0. The van der Waals surface area contributed by atoms with Gasteiger partial charge in [0.2, 0.25) is 0 Å². The van der Waals surface area contributed by atoms with Crippen LogP contribution in [-0.4, -0.2) is 0 Å². The van der Waals surface area contributed by atoms with Gasteiger partial charge in [0.25, 0.3) is 0 Å². The first-order valence-electron chi connectivity index (χ1n) is 6.84. The second-order valence-corrected chi connectivity index (χ2v) is 4.52. The Kier molecular flexibility index (Phi) is 9.55. The van der Waals surface area contributed by atoms with Crippen LogP contribution in [0.3, 0.4) is 0 Å². The highest BCUT2D eigenvalue weighted by atomic mass is 14.2. The van der Waals surface area contributed by atoms with E-state index in [1.807, 2.05) is 13.8 Å². The van der Waals surface area contributed by atoms with E-state index in [2.05, 4.69) is 13.8 Å². The van der Waals surface area contributed by atoms with Crippen LogP contribution in [-0.2, 0) is 0 Å². The van der Waals surface area contributed by atoms with Crippen LogP contribution in [0.1, 0.15) is 79.1 Å². The molecule has 1 rings (SSSR count). The van der Waals surface area contributed by atoms with E-state index in [9.17, 15) is 0 Å². The summed E-state index contributed by atoms with van der Waals surface area (Å²) in [5, 5.41) is 0. The van der Waals surface area contributed by atoms with E-state index in [1.165, 1.54) is 51.4 Å². The molecule has 1 atom stereocenters. The molecule has 0 heteroatoms. The van der Waals surface area contributed by atoms with Gasteiger partial charge in [-0.25, -0.2) is 0 Å². The second kappa shape index (κ2) is 9.55. The van der Waals surface area contributed by atoms with Crippen molar-refractivity contribution in [1.82, 2.24) is 0 Å². The van der Waals surface area contributed by atoms with E-state index in [1.54, 1.807) is 0 Å². The molecule has 0 spiro atoms. The molecule has 1 aliphatic carbocycles. The summed E-state index contributed by atoms with van der Waals surface area (Å²) in [6.07, 6.45) is 11.8. The molecule has 1 unspecified atom stereocenters. The van der Waals surface area contributed by atoms with Gasteiger partial charge in [-0.2, -0.15) is 0 Å². The van der Waals surface area contributed by atoms with Gasteiger partial charge in [-0.3, -0.25) is 0 Å². The van der Waals surface area contributed by atoms with Gasteiger partial charge in [0.15, 0.2) is 0 Å². The molecule has 0 aromatic heterocycles. The molecule has 0 nitrogen and oxygen atoms in total. The lowest BCUT2D eigenvalue weighted by Crippen LogP contribution is -2.15. The standard InChI is InChI=1S/C12H24.C2H6/c1-3-4-8-11(2)12-9-6-5-7-10-12;1-2/h11-12H,3-10H2,1-2H3;1-2H3. The molecule has 86 valence electrons. The van der Waals surface area contributed by atoms with E-state index >= 15 is 0 Å². The van der Waals surface area contributed by atoms with Crippen LogP contribution in [0.4, 0.5) is 0 Å². The Bertz CT molecular complexity index is 101. The second-order valence-electron chi connectivity index (χ2n) is 4.52. The lowest BCUT2D eigenvalue weighted by molar-refractivity contribution is 0.248. The molecule has 0 amide bonds. The Morgan fingerprint density at radius 1 is 1.07 bits per heavy atom. The predicted molar refractivity (Wildman–Crippen MR) is 66.6 cm³/mol. The van der Waals surface area contributed by atoms with Crippen LogP contribution in [0.15, 0.2) is 0 Å². The Labute approximate surface area is 91.5 Å². The Balaban J connectivity index is 0.000000791. The average molecular weight is 198 g/mol. The summed E-state index contributed by atoms with van der Waals surface area (Å²) < 4.78 is 0. The molecule has 0 bridgehead atoms. The van der Waals surface area contributed by atoms with Crippen molar-refractivity contribution < 1.29 is 0 Å². The minimum absolute atomic E-state index is 1.00. The van der Waals surface area contributed by atoms with Gasteiger partial charge in [0, 0.05) is 0 Å². The molecule has 0 heterocycles. The lowest BCUT2D eigenvalue weighted by atomic mass is 9.79. The number of hydrogen-bond acceptors (Lipinski definition) is 0. The van der Waals surface area contributed by atoms with E-state index in [4.69, 9.17) is 0 Å². The molecule has 0 aliphatic heterocycles. The van der Waals surface area contributed by atoms with Crippen molar-refractivity contribution in [3.05, 3.63) is 0 Å². The maximum absolute atomic E-state index is 2.46. The summed E-state index contributed by atoms with van der Waals surface area (Å²) in [6, 6.07) is 0. The fourth-order valence-corrected chi connectivity index (χ4v) is 2.47. The SMILES string of the molecule is CC.CCCCC(C)C1CCCCC1. The highest BCUT2D eigenvalue weighted by Gasteiger charge is 2.18. The predicted octanol–water partition coefficient (Wildman–Crippen LogP) is 5.42. The van der Waals surface area contributed by atoms with Crippen molar-refractivity contribution in [3.63, 3.8) is 0 Å². The zero-order valence-corrected chi connectivity index (χ0v) is 10.8. The summed E-state index contributed by atoms with van der Waals surface area (Å²) in [5.74, 6) is 2.08. The molecule has 1 fully saturated rings. The van der Waals surface area contributed by atoms with Gasteiger partial charge in [0.05, 0.1) is 0 Å². The molecule has 0 aromatic carbocycles.